The first-order valence-corrected chi connectivity index (χ1v) is 4.73. The van der Waals surface area contributed by atoms with Crippen molar-refractivity contribution in [3.63, 3.8) is 0 Å². The lowest BCUT2D eigenvalue weighted by molar-refractivity contribution is 0.220. The summed E-state index contributed by atoms with van der Waals surface area (Å²) in [4.78, 5) is 0. The van der Waals surface area contributed by atoms with Crippen molar-refractivity contribution in [1.29, 1.82) is 0 Å². The summed E-state index contributed by atoms with van der Waals surface area (Å²) >= 11 is 0. The standard InChI is InChI=1S/C13H13O/c1-10-5-4-8-12(9-10)13(14)11-6-2-3-7-11/h2-9,13-14H,1H3/q-1. The van der Waals surface area contributed by atoms with E-state index in [2.05, 4.69) is 0 Å². The van der Waals surface area contributed by atoms with Crippen molar-refractivity contribution >= 4 is 0 Å². The van der Waals surface area contributed by atoms with Gasteiger partial charge in [0.2, 0.25) is 0 Å². The quantitative estimate of drug-likeness (QED) is 0.713. The van der Waals surface area contributed by atoms with Crippen LogP contribution in [0.25, 0.3) is 0 Å². The van der Waals surface area contributed by atoms with Gasteiger partial charge in [-0.2, -0.15) is 23.8 Å². The Balaban J connectivity index is 2.32. The summed E-state index contributed by atoms with van der Waals surface area (Å²) in [6.07, 6.45) is -0.495. The van der Waals surface area contributed by atoms with Crippen LogP contribution in [0.15, 0.2) is 48.5 Å². The van der Waals surface area contributed by atoms with Gasteiger partial charge in [-0.05, 0) is 12.5 Å². The number of rotatable bonds is 2. The van der Waals surface area contributed by atoms with Crippen molar-refractivity contribution in [2.45, 2.75) is 13.0 Å². The van der Waals surface area contributed by atoms with Gasteiger partial charge in [-0.1, -0.05) is 29.8 Å². The van der Waals surface area contributed by atoms with Crippen molar-refractivity contribution in [3.05, 3.63) is 65.2 Å². The highest BCUT2D eigenvalue weighted by Gasteiger charge is 2.03. The highest BCUT2D eigenvalue weighted by Crippen LogP contribution is 2.22. The van der Waals surface area contributed by atoms with Crippen molar-refractivity contribution in [1.82, 2.24) is 0 Å². The maximum Gasteiger partial charge on any atom is 0.0504 e. The van der Waals surface area contributed by atoms with Crippen LogP contribution >= 0.6 is 0 Å². The van der Waals surface area contributed by atoms with Gasteiger partial charge in [-0.15, -0.1) is 0 Å². The van der Waals surface area contributed by atoms with Crippen LogP contribution in [0.4, 0.5) is 0 Å². The molecule has 1 N–H and O–H groups in total. The van der Waals surface area contributed by atoms with E-state index in [4.69, 9.17) is 0 Å². The fourth-order valence-corrected chi connectivity index (χ4v) is 1.60. The molecule has 2 aromatic rings. The van der Waals surface area contributed by atoms with E-state index in [9.17, 15) is 5.11 Å². The van der Waals surface area contributed by atoms with Crippen LogP contribution in [0.2, 0.25) is 0 Å². The van der Waals surface area contributed by atoms with E-state index in [-0.39, 0.29) is 0 Å². The lowest BCUT2D eigenvalue weighted by atomic mass is 10.0. The van der Waals surface area contributed by atoms with E-state index < -0.39 is 6.10 Å². The molecule has 1 unspecified atom stereocenters. The van der Waals surface area contributed by atoms with E-state index in [0.29, 0.717) is 0 Å². The molecule has 0 amide bonds. The van der Waals surface area contributed by atoms with Crippen LogP contribution in [0.1, 0.15) is 22.8 Å². The molecular weight excluding hydrogens is 172 g/mol. The minimum atomic E-state index is -0.495. The topological polar surface area (TPSA) is 20.2 Å². The number of aliphatic hydroxyl groups excluding tert-OH is 1. The van der Waals surface area contributed by atoms with Gasteiger partial charge < -0.3 is 5.11 Å². The van der Waals surface area contributed by atoms with Crippen LogP contribution in [0, 0.1) is 6.92 Å². The Bertz CT molecular complexity index is 401. The van der Waals surface area contributed by atoms with Gasteiger partial charge >= 0.3 is 0 Å². The summed E-state index contributed by atoms with van der Waals surface area (Å²) in [5.41, 5.74) is 3.08. The summed E-state index contributed by atoms with van der Waals surface area (Å²) in [5, 5.41) is 10.0. The third-order valence-corrected chi connectivity index (χ3v) is 2.36. The minimum Gasteiger partial charge on any atom is -0.397 e. The molecule has 72 valence electrons. The highest BCUT2D eigenvalue weighted by molar-refractivity contribution is 5.32. The normalized spacial score (nSPS) is 12.7. The molecule has 1 heteroatoms. The smallest absolute Gasteiger partial charge is 0.0504 e. The van der Waals surface area contributed by atoms with Crippen LogP contribution in [-0.2, 0) is 0 Å². The monoisotopic (exact) mass is 185 g/mol. The molecule has 2 rings (SSSR count). The average molecular weight is 185 g/mol. The van der Waals surface area contributed by atoms with Gasteiger partial charge in [0.15, 0.2) is 0 Å². The molecule has 0 heterocycles. The van der Waals surface area contributed by atoms with Crippen LogP contribution in [0.5, 0.6) is 0 Å². The molecule has 0 saturated heterocycles. The molecule has 0 fully saturated rings. The van der Waals surface area contributed by atoms with Crippen LogP contribution in [0.3, 0.4) is 0 Å². The van der Waals surface area contributed by atoms with Gasteiger partial charge in [0.1, 0.15) is 0 Å². The molecule has 0 aliphatic carbocycles. The Labute approximate surface area is 84.0 Å². The van der Waals surface area contributed by atoms with E-state index in [0.717, 1.165) is 11.1 Å². The van der Waals surface area contributed by atoms with Crippen LogP contribution < -0.4 is 0 Å². The maximum atomic E-state index is 10.0. The highest BCUT2D eigenvalue weighted by atomic mass is 16.3. The van der Waals surface area contributed by atoms with Gasteiger partial charge in [0.25, 0.3) is 0 Å². The first kappa shape index (κ1) is 9.10. The van der Waals surface area contributed by atoms with Crippen molar-refractivity contribution in [3.8, 4) is 0 Å². The zero-order valence-corrected chi connectivity index (χ0v) is 8.14. The number of hydrogen-bond acceptors (Lipinski definition) is 1. The molecule has 0 aliphatic heterocycles. The van der Waals surface area contributed by atoms with Gasteiger partial charge in [-0.3, -0.25) is 0 Å². The Morgan fingerprint density at radius 2 is 2.07 bits per heavy atom. The SMILES string of the molecule is Cc1cccc(C(O)c2cc[cH-]c2)c1. The van der Waals surface area contributed by atoms with E-state index in [1.807, 2.05) is 55.5 Å². The lowest BCUT2D eigenvalue weighted by Crippen LogP contribution is -1.97. The molecule has 1 nitrogen and oxygen atoms in total. The molecule has 0 bridgehead atoms. The third-order valence-electron chi connectivity index (χ3n) is 2.36. The summed E-state index contributed by atoms with van der Waals surface area (Å²) in [6.45, 7) is 2.03. The second kappa shape index (κ2) is 3.72. The fourth-order valence-electron chi connectivity index (χ4n) is 1.60. The molecule has 0 spiro atoms. The molecule has 2 aromatic carbocycles. The molecule has 0 saturated carbocycles. The molecule has 0 aromatic heterocycles. The zero-order valence-electron chi connectivity index (χ0n) is 8.14. The minimum absolute atomic E-state index is 0.495. The van der Waals surface area contributed by atoms with Gasteiger partial charge in [-0.25, -0.2) is 6.07 Å². The molecule has 1 atom stereocenters. The number of benzene rings is 1. The number of aryl methyl sites for hydroxylation is 1. The van der Waals surface area contributed by atoms with E-state index >= 15 is 0 Å². The summed E-state index contributed by atoms with van der Waals surface area (Å²) < 4.78 is 0. The third kappa shape index (κ3) is 1.73. The predicted molar refractivity (Wildman–Crippen MR) is 57.3 cm³/mol. The summed E-state index contributed by atoms with van der Waals surface area (Å²) in [7, 11) is 0. The average Bonchev–Trinajstić information content (AvgIpc) is 2.69. The molecule has 0 aliphatic rings. The van der Waals surface area contributed by atoms with Gasteiger partial charge in [0, 0.05) is 0 Å². The molecule has 14 heavy (non-hydrogen) atoms. The van der Waals surface area contributed by atoms with Crippen molar-refractivity contribution in [2.24, 2.45) is 0 Å². The van der Waals surface area contributed by atoms with E-state index in [1.165, 1.54) is 5.56 Å². The second-order valence-corrected chi connectivity index (χ2v) is 3.53. The second-order valence-electron chi connectivity index (χ2n) is 3.53. The molecule has 0 radical (unpaired) electrons. The number of hydrogen-bond donors (Lipinski definition) is 1. The van der Waals surface area contributed by atoms with Crippen LogP contribution in [-0.4, -0.2) is 5.11 Å². The Morgan fingerprint density at radius 3 is 2.71 bits per heavy atom. The first-order valence-electron chi connectivity index (χ1n) is 4.73. The summed E-state index contributed by atoms with van der Waals surface area (Å²) in [5.74, 6) is 0. The zero-order chi connectivity index (χ0) is 9.97. The fraction of sp³-hybridized carbons (Fsp3) is 0.154. The molecular formula is C13H13O-. The Kier molecular flexibility index (Phi) is 2.42. The van der Waals surface area contributed by atoms with Gasteiger partial charge in [0.05, 0.1) is 6.10 Å². The van der Waals surface area contributed by atoms with E-state index in [1.54, 1.807) is 0 Å². The lowest BCUT2D eigenvalue weighted by Gasteiger charge is -2.15. The van der Waals surface area contributed by atoms with Crippen molar-refractivity contribution in [2.75, 3.05) is 0 Å². The first-order chi connectivity index (χ1) is 6.77. The summed E-state index contributed by atoms with van der Waals surface area (Å²) in [6, 6.07) is 15.7. The van der Waals surface area contributed by atoms with Crippen molar-refractivity contribution < 1.29 is 5.11 Å². The Hall–Kier alpha value is -1.47. The Morgan fingerprint density at radius 1 is 1.21 bits per heavy atom. The number of aliphatic hydroxyl groups is 1. The largest absolute Gasteiger partial charge is 0.397 e. The maximum absolute atomic E-state index is 10.0. The predicted octanol–water partition coefficient (Wildman–Crippen LogP) is 2.80.